The van der Waals surface area contributed by atoms with E-state index in [1.54, 1.807) is 0 Å². The first-order valence-corrected chi connectivity index (χ1v) is 17.0. The average Bonchev–Trinajstić information content (AvgIpc) is 2.99. The van der Waals surface area contributed by atoms with Gasteiger partial charge in [-0.2, -0.15) is 0 Å². The van der Waals surface area contributed by atoms with Crippen molar-refractivity contribution in [3.63, 3.8) is 0 Å². The standard InChI is InChI=1S/C44H54O4/c1-41(2,3)33-23-31(24-34(27-33)42(4,5)6)39(45)47-37-19-15-29(16-20-37)13-14-30-17-21-38(22-18-30)48-40(46)32-25-35(43(7,8)9)28-36(26-32)44(10,11)12/h15-28H,13-14H2,1-12H3. The van der Waals surface area contributed by atoms with Crippen molar-refractivity contribution in [3.8, 4) is 11.5 Å². The van der Waals surface area contributed by atoms with Gasteiger partial charge in [-0.15, -0.1) is 0 Å². The molecule has 0 unspecified atom stereocenters. The second-order valence-electron chi connectivity index (χ2n) is 17.2. The zero-order chi connectivity index (χ0) is 35.7. The molecule has 0 aliphatic carbocycles. The monoisotopic (exact) mass is 646 g/mol. The number of ether oxygens (including phenoxy) is 2. The molecule has 0 bridgehead atoms. The van der Waals surface area contributed by atoms with E-state index in [1.165, 1.54) is 0 Å². The molecule has 0 fully saturated rings. The summed E-state index contributed by atoms with van der Waals surface area (Å²) in [6.45, 7) is 25.9. The maximum Gasteiger partial charge on any atom is 0.343 e. The molecular formula is C44H54O4. The van der Waals surface area contributed by atoms with E-state index >= 15 is 0 Å². The van der Waals surface area contributed by atoms with Gasteiger partial charge in [0.05, 0.1) is 11.1 Å². The largest absolute Gasteiger partial charge is 0.423 e. The van der Waals surface area contributed by atoms with Crippen LogP contribution in [0, 0.1) is 0 Å². The first kappa shape index (κ1) is 36.7. The molecule has 0 heterocycles. The number of benzene rings is 4. The molecule has 4 rings (SSSR count). The van der Waals surface area contributed by atoms with Crippen LogP contribution in [0.5, 0.6) is 11.5 Å². The molecule has 0 aromatic heterocycles. The fourth-order valence-corrected chi connectivity index (χ4v) is 5.29. The number of rotatable bonds is 7. The Bertz CT molecular complexity index is 1550. The van der Waals surface area contributed by atoms with Gasteiger partial charge < -0.3 is 9.47 Å². The number of aryl methyl sites for hydroxylation is 2. The van der Waals surface area contributed by atoms with Crippen LogP contribution in [0.15, 0.2) is 84.9 Å². The van der Waals surface area contributed by atoms with Crippen molar-refractivity contribution in [3.05, 3.63) is 129 Å². The molecule has 0 amide bonds. The van der Waals surface area contributed by atoms with Crippen LogP contribution in [-0.4, -0.2) is 11.9 Å². The number of carbonyl (C=O) groups excluding carboxylic acids is 2. The predicted octanol–water partition coefficient (Wildman–Crippen LogP) is 11.1. The summed E-state index contributed by atoms with van der Waals surface area (Å²) in [7, 11) is 0. The summed E-state index contributed by atoms with van der Waals surface area (Å²) in [5.41, 5.74) is 7.54. The zero-order valence-corrected chi connectivity index (χ0v) is 31.1. The van der Waals surface area contributed by atoms with Crippen LogP contribution in [0.1, 0.15) is 137 Å². The lowest BCUT2D eigenvalue weighted by atomic mass is 9.79. The highest BCUT2D eigenvalue weighted by molar-refractivity contribution is 5.92. The lowest BCUT2D eigenvalue weighted by molar-refractivity contribution is 0.0724. The van der Waals surface area contributed by atoms with E-state index in [9.17, 15) is 9.59 Å². The SMILES string of the molecule is CC(C)(C)c1cc(C(=O)Oc2ccc(CCc3ccc(OC(=O)c4cc(C(C)(C)C)cc(C(C)(C)C)c4)cc3)cc2)cc(C(C)(C)C)c1. The third-order valence-corrected chi connectivity index (χ3v) is 8.77. The zero-order valence-electron chi connectivity index (χ0n) is 31.1. The van der Waals surface area contributed by atoms with Crippen LogP contribution >= 0.6 is 0 Å². The van der Waals surface area contributed by atoms with Crippen LogP contribution in [0.3, 0.4) is 0 Å². The van der Waals surface area contributed by atoms with Crippen LogP contribution in [0.25, 0.3) is 0 Å². The highest BCUT2D eigenvalue weighted by Gasteiger charge is 2.24. The Kier molecular flexibility index (Phi) is 10.5. The van der Waals surface area contributed by atoms with E-state index in [0.717, 1.165) is 46.2 Å². The van der Waals surface area contributed by atoms with Crippen molar-refractivity contribution in [2.75, 3.05) is 0 Å². The Morgan fingerprint density at radius 1 is 0.417 bits per heavy atom. The van der Waals surface area contributed by atoms with Gasteiger partial charge in [-0.1, -0.05) is 119 Å². The molecule has 4 aromatic rings. The van der Waals surface area contributed by atoms with Crippen LogP contribution in [0.4, 0.5) is 0 Å². The molecule has 254 valence electrons. The van der Waals surface area contributed by atoms with Gasteiger partial charge >= 0.3 is 11.9 Å². The molecule has 0 spiro atoms. The van der Waals surface area contributed by atoms with Crippen LogP contribution in [-0.2, 0) is 34.5 Å². The summed E-state index contributed by atoms with van der Waals surface area (Å²) in [5.74, 6) is 0.348. The Morgan fingerprint density at radius 2 is 0.667 bits per heavy atom. The maximum atomic E-state index is 13.2. The molecule has 0 aliphatic rings. The van der Waals surface area contributed by atoms with E-state index in [4.69, 9.17) is 9.47 Å². The van der Waals surface area contributed by atoms with E-state index < -0.39 is 0 Å². The van der Waals surface area contributed by atoms with Crippen LogP contribution in [0.2, 0.25) is 0 Å². The molecule has 4 nitrogen and oxygen atoms in total. The number of hydrogen-bond donors (Lipinski definition) is 0. The van der Waals surface area contributed by atoms with Crippen molar-refractivity contribution in [2.45, 2.75) is 118 Å². The van der Waals surface area contributed by atoms with Crippen molar-refractivity contribution >= 4 is 11.9 Å². The van der Waals surface area contributed by atoms with Gasteiger partial charge in [0.15, 0.2) is 0 Å². The third kappa shape index (κ3) is 9.69. The second-order valence-corrected chi connectivity index (χ2v) is 17.2. The number of hydrogen-bond acceptors (Lipinski definition) is 4. The average molecular weight is 647 g/mol. The molecule has 4 heteroatoms. The van der Waals surface area contributed by atoms with Crippen LogP contribution < -0.4 is 9.47 Å². The fourth-order valence-electron chi connectivity index (χ4n) is 5.29. The predicted molar refractivity (Wildman–Crippen MR) is 198 cm³/mol. The summed E-state index contributed by atoms with van der Waals surface area (Å²) in [4.78, 5) is 26.4. The molecule has 4 aromatic carbocycles. The third-order valence-electron chi connectivity index (χ3n) is 8.77. The summed E-state index contributed by atoms with van der Waals surface area (Å²) < 4.78 is 11.6. The molecular weight excluding hydrogens is 592 g/mol. The second kappa shape index (κ2) is 13.7. The molecule has 0 aliphatic heterocycles. The Labute approximate surface area is 288 Å². The van der Waals surface area contributed by atoms with E-state index in [2.05, 4.69) is 95.2 Å². The van der Waals surface area contributed by atoms with Crippen molar-refractivity contribution in [1.29, 1.82) is 0 Å². The van der Waals surface area contributed by atoms with Gasteiger partial charge in [-0.05, 0) is 116 Å². The summed E-state index contributed by atoms with van der Waals surface area (Å²) in [5, 5.41) is 0. The smallest absolute Gasteiger partial charge is 0.343 e. The lowest BCUT2D eigenvalue weighted by Gasteiger charge is -2.26. The summed E-state index contributed by atoms with van der Waals surface area (Å²) in [6, 6.07) is 27.6. The Morgan fingerprint density at radius 3 is 0.896 bits per heavy atom. The molecule has 0 saturated carbocycles. The minimum absolute atomic E-state index is 0.0855. The normalized spacial score (nSPS) is 12.5. The van der Waals surface area contributed by atoms with Gasteiger partial charge in [0, 0.05) is 0 Å². The Hall–Kier alpha value is -4.18. The van der Waals surface area contributed by atoms with E-state index in [-0.39, 0.29) is 33.6 Å². The topological polar surface area (TPSA) is 52.6 Å². The van der Waals surface area contributed by atoms with Crippen molar-refractivity contribution < 1.29 is 19.1 Å². The Balaban J connectivity index is 1.37. The first-order valence-electron chi connectivity index (χ1n) is 17.0. The summed E-state index contributed by atoms with van der Waals surface area (Å²) in [6.07, 6.45) is 1.65. The van der Waals surface area contributed by atoms with Gasteiger partial charge in [-0.25, -0.2) is 9.59 Å². The number of carbonyl (C=O) groups is 2. The highest BCUT2D eigenvalue weighted by atomic mass is 16.5. The van der Waals surface area contributed by atoms with E-state index in [1.807, 2.05) is 72.8 Å². The molecule has 0 radical (unpaired) electrons. The van der Waals surface area contributed by atoms with Crippen molar-refractivity contribution in [2.24, 2.45) is 0 Å². The fraction of sp³-hybridized carbons (Fsp3) is 0.409. The molecule has 48 heavy (non-hydrogen) atoms. The van der Waals surface area contributed by atoms with E-state index in [0.29, 0.717) is 22.6 Å². The minimum atomic E-state index is -0.350. The maximum absolute atomic E-state index is 13.2. The quantitative estimate of drug-likeness (QED) is 0.148. The molecule has 0 atom stereocenters. The van der Waals surface area contributed by atoms with Gasteiger partial charge in [0.1, 0.15) is 11.5 Å². The first-order chi connectivity index (χ1) is 22.1. The van der Waals surface area contributed by atoms with Crippen molar-refractivity contribution in [1.82, 2.24) is 0 Å². The summed E-state index contributed by atoms with van der Waals surface area (Å²) >= 11 is 0. The minimum Gasteiger partial charge on any atom is -0.423 e. The molecule has 0 N–H and O–H groups in total. The van der Waals surface area contributed by atoms with Gasteiger partial charge in [0.25, 0.3) is 0 Å². The van der Waals surface area contributed by atoms with Gasteiger partial charge in [0.2, 0.25) is 0 Å². The lowest BCUT2D eigenvalue weighted by Crippen LogP contribution is -2.19. The highest BCUT2D eigenvalue weighted by Crippen LogP contribution is 2.32. The molecule has 0 saturated heterocycles. The van der Waals surface area contributed by atoms with Gasteiger partial charge in [-0.3, -0.25) is 0 Å². The number of esters is 2.